The lowest BCUT2D eigenvalue weighted by atomic mass is 10.1. The van der Waals surface area contributed by atoms with Gasteiger partial charge >= 0.3 is 0 Å². The molecular weight excluding hydrogens is 308 g/mol. The first kappa shape index (κ1) is 14.6. The molecule has 0 aliphatic carbocycles. The van der Waals surface area contributed by atoms with Crippen molar-refractivity contribution in [3.63, 3.8) is 0 Å². The topological polar surface area (TPSA) is 67.1 Å². The highest BCUT2D eigenvalue weighted by Gasteiger charge is 2.14. The summed E-state index contributed by atoms with van der Waals surface area (Å²) in [4.78, 5) is 16.0. The van der Waals surface area contributed by atoms with Crippen molar-refractivity contribution in [2.45, 2.75) is 33.2 Å². The molecule has 0 amide bonds. The van der Waals surface area contributed by atoms with E-state index in [1.165, 1.54) is 16.1 Å². The molecule has 120 valence electrons. The van der Waals surface area contributed by atoms with Crippen molar-refractivity contribution in [3.05, 3.63) is 40.0 Å². The average Bonchev–Trinajstić information content (AvgIpc) is 2.93. The molecule has 0 aromatic carbocycles. The predicted octanol–water partition coefficient (Wildman–Crippen LogP) is 2.10. The molecule has 3 aromatic rings. The second-order valence-corrected chi connectivity index (χ2v) is 7.06. The second-order valence-electron chi connectivity index (χ2n) is 5.88. The normalized spacial score (nSPS) is 14.7. The third kappa shape index (κ3) is 2.70. The van der Waals surface area contributed by atoms with Gasteiger partial charge in [-0.3, -0.25) is 4.40 Å². The van der Waals surface area contributed by atoms with Gasteiger partial charge in [0.2, 0.25) is 0 Å². The molecular formula is C16H20N6S. The number of thiazole rings is 1. The summed E-state index contributed by atoms with van der Waals surface area (Å²) in [5.74, 6) is 0.947. The van der Waals surface area contributed by atoms with Gasteiger partial charge in [0.15, 0.2) is 4.96 Å². The number of rotatable bonds is 3. The molecule has 0 unspecified atom stereocenters. The van der Waals surface area contributed by atoms with E-state index in [1.54, 1.807) is 17.7 Å². The summed E-state index contributed by atoms with van der Waals surface area (Å²) in [6.07, 6.45) is 5.70. The summed E-state index contributed by atoms with van der Waals surface area (Å²) >= 11 is 1.74. The maximum atomic E-state index is 4.70. The van der Waals surface area contributed by atoms with Crippen LogP contribution in [0.5, 0.6) is 0 Å². The van der Waals surface area contributed by atoms with Gasteiger partial charge in [-0.2, -0.15) is 0 Å². The lowest BCUT2D eigenvalue weighted by Crippen LogP contribution is -2.16. The van der Waals surface area contributed by atoms with E-state index in [0.717, 1.165) is 48.1 Å². The first-order chi connectivity index (χ1) is 11.2. The lowest BCUT2D eigenvalue weighted by Gasteiger charge is -2.11. The van der Waals surface area contributed by atoms with Crippen LogP contribution in [0.15, 0.2) is 12.5 Å². The third-order valence-corrected chi connectivity index (χ3v) is 5.47. The number of nitrogens with one attached hydrogen (secondary N) is 2. The molecule has 6 nitrogen and oxygen atoms in total. The van der Waals surface area contributed by atoms with Crippen LogP contribution in [-0.2, 0) is 19.4 Å². The Kier molecular flexibility index (Phi) is 3.74. The highest BCUT2D eigenvalue weighted by Crippen LogP contribution is 2.23. The zero-order chi connectivity index (χ0) is 15.8. The fourth-order valence-corrected chi connectivity index (χ4v) is 3.96. The van der Waals surface area contributed by atoms with Gasteiger partial charge in [-0.1, -0.05) is 0 Å². The number of hydrogen-bond acceptors (Lipinski definition) is 6. The molecule has 7 heteroatoms. The van der Waals surface area contributed by atoms with Gasteiger partial charge in [0.1, 0.15) is 12.1 Å². The third-order valence-electron chi connectivity index (χ3n) is 4.40. The van der Waals surface area contributed by atoms with Crippen LogP contribution >= 0.6 is 11.3 Å². The maximum Gasteiger partial charge on any atom is 0.194 e. The van der Waals surface area contributed by atoms with Crippen LogP contribution in [0.25, 0.3) is 4.96 Å². The second kappa shape index (κ2) is 5.90. The van der Waals surface area contributed by atoms with E-state index in [-0.39, 0.29) is 0 Å². The zero-order valence-corrected chi connectivity index (χ0v) is 14.2. The summed E-state index contributed by atoms with van der Waals surface area (Å²) < 4.78 is 2.17. The monoisotopic (exact) mass is 328 g/mol. The summed E-state index contributed by atoms with van der Waals surface area (Å²) in [6.45, 7) is 6.92. The minimum Gasteiger partial charge on any atom is -0.364 e. The van der Waals surface area contributed by atoms with Crippen molar-refractivity contribution >= 4 is 22.1 Å². The van der Waals surface area contributed by atoms with Crippen LogP contribution < -0.4 is 10.6 Å². The van der Waals surface area contributed by atoms with Crippen molar-refractivity contribution in [2.24, 2.45) is 0 Å². The molecule has 0 fully saturated rings. The largest absolute Gasteiger partial charge is 0.364 e. The first-order valence-corrected chi connectivity index (χ1v) is 8.75. The van der Waals surface area contributed by atoms with Crippen molar-refractivity contribution in [1.29, 1.82) is 0 Å². The maximum absolute atomic E-state index is 4.70. The Balaban J connectivity index is 1.56. The van der Waals surface area contributed by atoms with Gasteiger partial charge in [0, 0.05) is 35.3 Å². The van der Waals surface area contributed by atoms with Gasteiger partial charge < -0.3 is 10.6 Å². The number of aryl methyl sites for hydroxylation is 2. The number of fused-ring (bicyclic) bond motifs is 2. The van der Waals surface area contributed by atoms with Crippen LogP contribution in [0, 0.1) is 13.8 Å². The molecule has 4 heterocycles. The molecule has 0 saturated heterocycles. The van der Waals surface area contributed by atoms with E-state index in [1.807, 2.05) is 0 Å². The molecule has 0 bridgehead atoms. The fraction of sp³-hybridized carbons (Fsp3) is 0.438. The van der Waals surface area contributed by atoms with Crippen LogP contribution in [0.2, 0.25) is 0 Å². The quantitative estimate of drug-likeness (QED) is 0.771. The molecule has 0 spiro atoms. The van der Waals surface area contributed by atoms with E-state index in [2.05, 4.69) is 45.0 Å². The minimum absolute atomic E-state index is 0.684. The Morgan fingerprint density at radius 2 is 2.13 bits per heavy atom. The number of anilines is 1. The molecule has 1 aliphatic rings. The highest BCUT2D eigenvalue weighted by atomic mass is 32.1. The standard InChI is InChI=1S/C16H20N6S/c1-10-11(2)23-16-21-12(8-22(10)16)7-18-15-13-3-5-17-6-4-14(13)19-9-20-15/h8-9,17H,3-7H2,1-2H3,(H,18,19,20). The summed E-state index contributed by atoms with van der Waals surface area (Å²) in [5.41, 5.74) is 4.71. The van der Waals surface area contributed by atoms with Crippen molar-refractivity contribution in [1.82, 2.24) is 24.7 Å². The Hall–Kier alpha value is -1.99. The van der Waals surface area contributed by atoms with Crippen molar-refractivity contribution < 1.29 is 0 Å². The van der Waals surface area contributed by atoms with E-state index < -0.39 is 0 Å². The number of aromatic nitrogens is 4. The summed E-state index contributed by atoms with van der Waals surface area (Å²) in [6, 6.07) is 0. The average molecular weight is 328 g/mol. The zero-order valence-electron chi connectivity index (χ0n) is 13.4. The van der Waals surface area contributed by atoms with E-state index in [4.69, 9.17) is 4.98 Å². The summed E-state index contributed by atoms with van der Waals surface area (Å²) in [5, 5.41) is 6.86. The van der Waals surface area contributed by atoms with Gasteiger partial charge in [-0.25, -0.2) is 15.0 Å². The van der Waals surface area contributed by atoms with Crippen LogP contribution in [-0.4, -0.2) is 32.4 Å². The Bertz CT molecular complexity index is 850. The van der Waals surface area contributed by atoms with Gasteiger partial charge in [-0.15, -0.1) is 11.3 Å². The number of hydrogen-bond donors (Lipinski definition) is 2. The number of nitrogens with zero attached hydrogens (tertiary/aromatic N) is 4. The molecule has 0 radical (unpaired) electrons. The predicted molar refractivity (Wildman–Crippen MR) is 92.2 cm³/mol. The Morgan fingerprint density at radius 3 is 3.00 bits per heavy atom. The number of imidazole rings is 1. The molecule has 1 aliphatic heterocycles. The van der Waals surface area contributed by atoms with E-state index >= 15 is 0 Å². The fourth-order valence-electron chi connectivity index (χ4n) is 2.99. The molecule has 3 aromatic heterocycles. The highest BCUT2D eigenvalue weighted by molar-refractivity contribution is 7.17. The van der Waals surface area contributed by atoms with E-state index in [0.29, 0.717) is 6.54 Å². The Labute approximate surface area is 139 Å². The van der Waals surface area contributed by atoms with Crippen LogP contribution in [0.3, 0.4) is 0 Å². The molecule has 0 saturated carbocycles. The SMILES string of the molecule is Cc1sc2nc(CNc3ncnc4c3CCNCC4)cn2c1C. The Morgan fingerprint density at radius 1 is 1.26 bits per heavy atom. The van der Waals surface area contributed by atoms with Gasteiger partial charge in [0.05, 0.1) is 17.9 Å². The van der Waals surface area contributed by atoms with E-state index in [9.17, 15) is 0 Å². The van der Waals surface area contributed by atoms with Crippen molar-refractivity contribution in [3.8, 4) is 0 Å². The molecule has 0 atom stereocenters. The first-order valence-electron chi connectivity index (χ1n) is 7.93. The molecule has 23 heavy (non-hydrogen) atoms. The lowest BCUT2D eigenvalue weighted by molar-refractivity contribution is 0.708. The molecule has 2 N–H and O–H groups in total. The van der Waals surface area contributed by atoms with Gasteiger partial charge in [-0.05, 0) is 26.8 Å². The minimum atomic E-state index is 0.684. The van der Waals surface area contributed by atoms with Crippen molar-refractivity contribution in [2.75, 3.05) is 18.4 Å². The molecule has 4 rings (SSSR count). The van der Waals surface area contributed by atoms with Crippen LogP contribution in [0.1, 0.15) is 27.5 Å². The van der Waals surface area contributed by atoms with Gasteiger partial charge in [0.25, 0.3) is 0 Å². The van der Waals surface area contributed by atoms with Crippen LogP contribution in [0.4, 0.5) is 5.82 Å². The summed E-state index contributed by atoms with van der Waals surface area (Å²) in [7, 11) is 0. The smallest absolute Gasteiger partial charge is 0.194 e.